The van der Waals surface area contributed by atoms with Crippen LogP contribution in [0.1, 0.15) is 10.5 Å². The molecule has 3 heterocycles. The Balaban J connectivity index is 1.41. The van der Waals surface area contributed by atoms with Crippen molar-refractivity contribution in [1.82, 2.24) is 45.5 Å². The largest absolute Gasteiger partial charge is 0.349 e. The van der Waals surface area contributed by atoms with Gasteiger partial charge in [-0.25, -0.2) is 4.68 Å². The Hall–Kier alpha value is -3.89. The zero-order chi connectivity index (χ0) is 17.9. The Labute approximate surface area is 145 Å². The first-order valence-corrected chi connectivity index (χ1v) is 7.74. The van der Waals surface area contributed by atoms with E-state index in [0.717, 1.165) is 5.39 Å². The lowest BCUT2D eigenvalue weighted by Gasteiger charge is -2.06. The van der Waals surface area contributed by atoms with Gasteiger partial charge in [-0.1, -0.05) is 18.2 Å². The molecular weight excluding hydrogens is 338 g/mol. The second kappa shape index (κ2) is 6.55. The van der Waals surface area contributed by atoms with Gasteiger partial charge in [-0.05, 0) is 16.5 Å². The van der Waals surface area contributed by atoms with E-state index in [1.807, 2.05) is 12.1 Å². The Morgan fingerprint density at radius 1 is 1.27 bits per heavy atom. The third-order valence-electron chi connectivity index (χ3n) is 3.76. The molecule has 130 valence electrons. The van der Waals surface area contributed by atoms with E-state index in [1.165, 1.54) is 21.8 Å². The monoisotopic (exact) mass is 351 g/mol. The minimum atomic E-state index is -0.356. The normalized spacial score (nSPS) is 10.9. The van der Waals surface area contributed by atoms with E-state index in [-0.39, 0.29) is 30.2 Å². The molecule has 0 atom stereocenters. The van der Waals surface area contributed by atoms with Crippen LogP contribution in [0.4, 0.5) is 0 Å². The fraction of sp³-hybridized carbons (Fsp3) is 0.133. The van der Waals surface area contributed by atoms with Gasteiger partial charge >= 0.3 is 0 Å². The molecule has 0 aliphatic carbocycles. The van der Waals surface area contributed by atoms with Crippen molar-refractivity contribution in [2.45, 2.75) is 6.54 Å². The van der Waals surface area contributed by atoms with Crippen molar-refractivity contribution >= 4 is 16.7 Å². The third kappa shape index (κ3) is 2.92. The number of benzene rings is 1. The average molecular weight is 351 g/mol. The van der Waals surface area contributed by atoms with Gasteiger partial charge in [0.2, 0.25) is 0 Å². The lowest BCUT2D eigenvalue weighted by molar-refractivity contribution is 0.0946. The van der Waals surface area contributed by atoms with Crippen LogP contribution in [0.5, 0.6) is 0 Å². The smallest absolute Gasteiger partial charge is 0.274 e. The van der Waals surface area contributed by atoms with Crippen LogP contribution in [0.3, 0.4) is 0 Å². The highest BCUT2D eigenvalue weighted by molar-refractivity contribution is 5.92. The number of tetrazole rings is 1. The maximum Gasteiger partial charge on any atom is 0.274 e. The van der Waals surface area contributed by atoms with Crippen molar-refractivity contribution < 1.29 is 4.79 Å². The summed E-state index contributed by atoms with van der Waals surface area (Å²) >= 11 is 0. The number of carbonyl (C=O) groups is 1. The number of aromatic nitrogens is 8. The molecule has 2 N–H and O–H groups in total. The van der Waals surface area contributed by atoms with E-state index in [2.05, 4.69) is 36.1 Å². The van der Waals surface area contributed by atoms with E-state index >= 15 is 0 Å². The number of nitrogens with one attached hydrogen (secondary N) is 2. The third-order valence-corrected chi connectivity index (χ3v) is 3.76. The SMILES string of the molecule is O=C(NCCn1ncc2ccccc2c1=O)c1cc(-n2cnnn2)n[nH]1. The number of aromatic amines is 1. The molecule has 0 bridgehead atoms. The topological polar surface area (TPSA) is 136 Å². The van der Waals surface area contributed by atoms with Crippen LogP contribution in [0.25, 0.3) is 16.6 Å². The van der Waals surface area contributed by atoms with E-state index in [0.29, 0.717) is 11.2 Å². The summed E-state index contributed by atoms with van der Waals surface area (Å²) < 4.78 is 2.65. The van der Waals surface area contributed by atoms with Crippen LogP contribution in [-0.4, -0.2) is 52.6 Å². The summed E-state index contributed by atoms with van der Waals surface area (Å²) in [5.74, 6) is 0.0400. The summed E-state index contributed by atoms with van der Waals surface area (Å²) in [5.41, 5.74) is 0.0641. The molecule has 1 amide bonds. The molecule has 4 rings (SSSR count). The molecule has 11 heteroatoms. The van der Waals surface area contributed by atoms with Gasteiger partial charge in [-0.3, -0.25) is 14.7 Å². The molecule has 1 aromatic carbocycles. The standard InChI is InChI=1S/C15H13N9O2/c25-14(12-7-13(20-19-12)24-9-17-21-22-24)16-5-6-23-15(26)11-4-2-1-3-10(11)8-18-23/h1-4,7-9H,5-6H2,(H,16,25)(H,19,20). The zero-order valence-corrected chi connectivity index (χ0v) is 13.4. The van der Waals surface area contributed by atoms with Crippen molar-refractivity contribution in [2.24, 2.45) is 0 Å². The molecular formula is C15H13N9O2. The average Bonchev–Trinajstić information content (AvgIpc) is 3.35. The van der Waals surface area contributed by atoms with Crippen LogP contribution in [0, 0.1) is 0 Å². The highest BCUT2D eigenvalue weighted by atomic mass is 16.2. The van der Waals surface area contributed by atoms with Crippen molar-refractivity contribution in [1.29, 1.82) is 0 Å². The number of nitrogens with zero attached hydrogens (tertiary/aromatic N) is 7. The number of H-pyrrole nitrogens is 1. The molecule has 3 aromatic heterocycles. The van der Waals surface area contributed by atoms with Gasteiger partial charge in [0.1, 0.15) is 12.0 Å². The van der Waals surface area contributed by atoms with E-state index in [9.17, 15) is 9.59 Å². The highest BCUT2D eigenvalue weighted by Gasteiger charge is 2.11. The van der Waals surface area contributed by atoms with Gasteiger partial charge in [-0.2, -0.15) is 14.9 Å². The predicted octanol–water partition coefficient (Wildman–Crippen LogP) is -0.475. The number of carbonyl (C=O) groups excluding carboxylic acids is 1. The lowest BCUT2D eigenvalue weighted by Crippen LogP contribution is -2.32. The minimum Gasteiger partial charge on any atom is -0.349 e. The van der Waals surface area contributed by atoms with Crippen LogP contribution >= 0.6 is 0 Å². The zero-order valence-electron chi connectivity index (χ0n) is 13.4. The number of hydrogen-bond acceptors (Lipinski definition) is 7. The first-order valence-electron chi connectivity index (χ1n) is 7.74. The Kier molecular flexibility index (Phi) is 3.94. The number of fused-ring (bicyclic) bond motifs is 1. The van der Waals surface area contributed by atoms with Crippen molar-refractivity contribution in [2.75, 3.05) is 6.54 Å². The Morgan fingerprint density at radius 3 is 3.00 bits per heavy atom. The molecule has 0 unspecified atom stereocenters. The molecule has 4 aromatic rings. The fourth-order valence-corrected chi connectivity index (χ4v) is 2.47. The Bertz CT molecular complexity index is 1110. The van der Waals surface area contributed by atoms with Crippen molar-refractivity contribution in [3.8, 4) is 5.82 Å². The van der Waals surface area contributed by atoms with Gasteiger partial charge < -0.3 is 5.32 Å². The summed E-state index contributed by atoms with van der Waals surface area (Å²) in [5, 5.41) is 25.5. The maximum absolute atomic E-state index is 12.4. The molecule has 0 radical (unpaired) electrons. The quantitative estimate of drug-likeness (QED) is 0.496. The molecule has 0 fully saturated rings. The first kappa shape index (κ1) is 15.6. The van der Waals surface area contributed by atoms with Gasteiger partial charge in [0.25, 0.3) is 11.5 Å². The summed E-state index contributed by atoms with van der Waals surface area (Å²) in [6, 6.07) is 8.75. The summed E-state index contributed by atoms with van der Waals surface area (Å²) in [6.07, 6.45) is 3.00. The van der Waals surface area contributed by atoms with Crippen molar-refractivity contribution in [3.63, 3.8) is 0 Å². The highest BCUT2D eigenvalue weighted by Crippen LogP contribution is 2.06. The predicted molar refractivity (Wildman–Crippen MR) is 89.6 cm³/mol. The molecule has 0 saturated carbocycles. The molecule has 26 heavy (non-hydrogen) atoms. The summed E-state index contributed by atoms with van der Waals surface area (Å²) in [6.45, 7) is 0.493. The number of hydrogen-bond donors (Lipinski definition) is 2. The molecule has 0 aliphatic rings. The second-order valence-corrected chi connectivity index (χ2v) is 5.41. The van der Waals surface area contributed by atoms with E-state index < -0.39 is 0 Å². The minimum absolute atomic E-state index is 0.195. The maximum atomic E-state index is 12.4. The van der Waals surface area contributed by atoms with Crippen molar-refractivity contribution in [3.05, 3.63) is 58.9 Å². The second-order valence-electron chi connectivity index (χ2n) is 5.41. The van der Waals surface area contributed by atoms with E-state index in [1.54, 1.807) is 18.3 Å². The number of rotatable bonds is 5. The molecule has 11 nitrogen and oxygen atoms in total. The van der Waals surface area contributed by atoms with Crippen LogP contribution in [0.2, 0.25) is 0 Å². The molecule has 0 saturated heterocycles. The molecule has 0 spiro atoms. The molecule has 0 aliphatic heterocycles. The first-order chi connectivity index (χ1) is 12.7. The van der Waals surface area contributed by atoms with Crippen LogP contribution < -0.4 is 10.9 Å². The Morgan fingerprint density at radius 2 is 2.15 bits per heavy atom. The van der Waals surface area contributed by atoms with E-state index in [4.69, 9.17) is 0 Å². The van der Waals surface area contributed by atoms with Gasteiger partial charge in [0.05, 0.1) is 18.1 Å². The number of amides is 1. The van der Waals surface area contributed by atoms with Crippen LogP contribution in [-0.2, 0) is 6.54 Å². The van der Waals surface area contributed by atoms with Gasteiger partial charge in [-0.15, -0.1) is 5.10 Å². The summed E-state index contributed by atoms with van der Waals surface area (Å²) in [4.78, 5) is 24.5. The van der Waals surface area contributed by atoms with Crippen LogP contribution in [0.15, 0.2) is 47.7 Å². The van der Waals surface area contributed by atoms with Gasteiger partial charge in [0.15, 0.2) is 5.82 Å². The lowest BCUT2D eigenvalue weighted by atomic mass is 10.2. The van der Waals surface area contributed by atoms with Gasteiger partial charge in [0, 0.05) is 18.0 Å². The summed E-state index contributed by atoms with van der Waals surface area (Å²) in [7, 11) is 0. The fourth-order valence-electron chi connectivity index (χ4n) is 2.47.